The molecule has 0 aromatic heterocycles. The number of ether oxygens (including phenoxy) is 1. The van der Waals surface area contributed by atoms with E-state index in [9.17, 15) is 26.7 Å². The van der Waals surface area contributed by atoms with Crippen molar-refractivity contribution in [1.82, 2.24) is 0 Å². The highest BCUT2D eigenvalue weighted by Gasteiger charge is 2.32. The van der Waals surface area contributed by atoms with Crippen LogP contribution in [0.25, 0.3) is 0 Å². The molecule has 0 amide bonds. The maximum absolute atomic E-state index is 13.2. The number of benzene rings is 2. The van der Waals surface area contributed by atoms with Crippen LogP contribution in [-0.4, -0.2) is 19.9 Å². The zero-order valence-corrected chi connectivity index (χ0v) is 19.4. The summed E-state index contributed by atoms with van der Waals surface area (Å²) in [5.74, 6) is -0.716. The van der Waals surface area contributed by atoms with E-state index in [4.69, 9.17) is 0 Å². The summed E-state index contributed by atoms with van der Waals surface area (Å²) in [4.78, 5) is 0.0716. The Hall–Kier alpha value is -2.22. The van der Waals surface area contributed by atoms with Crippen LogP contribution in [0, 0.1) is 0 Å². The van der Waals surface area contributed by atoms with Crippen LogP contribution in [0.1, 0.15) is 64.7 Å². The van der Waals surface area contributed by atoms with Gasteiger partial charge in [0.2, 0.25) is 0 Å². The molecular formula is C23H29F3O4S. The highest BCUT2D eigenvalue weighted by molar-refractivity contribution is 7.90. The highest BCUT2D eigenvalue weighted by atomic mass is 32.2. The lowest BCUT2D eigenvalue weighted by Gasteiger charge is -2.30. The molecule has 0 saturated carbocycles. The van der Waals surface area contributed by atoms with E-state index in [0.29, 0.717) is 23.1 Å². The van der Waals surface area contributed by atoms with E-state index in [1.165, 1.54) is 24.3 Å². The van der Waals surface area contributed by atoms with Gasteiger partial charge in [-0.2, -0.15) is 0 Å². The quantitative estimate of drug-likeness (QED) is 0.556. The average Bonchev–Trinajstić information content (AvgIpc) is 2.60. The zero-order valence-electron chi connectivity index (χ0n) is 18.6. The van der Waals surface area contributed by atoms with E-state index in [1.54, 1.807) is 0 Å². The molecule has 0 saturated heterocycles. The van der Waals surface area contributed by atoms with Crippen molar-refractivity contribution in [1.29, 1.82) is 0 Å². The van der Waals surface area contributed by atoms with Crippen LogP contribution in [-0.2, 0) is 26.4 Å². The topological polar surface area (TPSA) is 63.6 Å². The molecule has 8 heteroatoms. The van der Waals surface area contributed by atoms with Crippen LogP contribution in [0.5, 0.6) is 11.5 Å². The van der Waals surface area contributed by atoms with Crippen molar-refractivity contribution in [3.05, 3.63) is 53.1 Å². The van der Waals surface area contributed by atoms with Crippen LogP contribution in [0.15, 0.2) is 41.3 Å². The fourth-order valence-electron chi connectivity index (χ4n) is 3.16. The summed E-state index contributed by atoms with van der Waals surface area (Å²) < 4.78 is 67.2. The molecule has 2 aromatic carbocycles. The molecular weight excluding hydrogens is 429 g/mol. The van der Waals surface area contributed by atoms with Crippen molar-refractivity contribution in [3.63, 3.8) is 0 Å². The van der Waals surface area contributed by atoms with E-state index in [1.807, 2.05) is 41.5 Å². The first-order chi connectivity index (χ1) is 14.0. The van der Waals surface area contributed by atoms with Crippen molar-refractivity contribution in [2.24, 2.45) is 0 Å². The van der Waals surface area contributed by atoms with Gasteiger partial charge in [0.15, 0.2) is 9.84 Å². The molecule has 0 aliphatic carbocycles. The van der Waals surface area contributed by atoms with E-state index in [2.05, 4.69) is 4.74 Å². The lowest BCUT2D eigenvalue weighted by atomic mass is 9.77. The predicted molar refractivity (Wildman–Crippen MR) is 114 cm³/mol. The van der Waals surface area contributed by atoms with Gasteiger partial charge in [-0.3, -0.25) is 0 Å². The summed E-state index contributed by atoms with van der Waals surface area (Å²) in [6.45, 7) is 11.5. The predicted octanol–water partition coefficient (Wildman–Crippen LogP) is 6.25. The molecule has 0 unspecified atom stereocenters. The van der Waals surface area contributed by atoms with Gasteiger partial charge < -0.3 is 9.84 Å². The second kappa shape index (κ2) is 8.37. The number of hydrogen-bond acceptors (Lipinski definition) is 4. The Morgan fingerprint density at radius 3 is 1.90 bits per heavy atom. The maximum atomic E-state index is 13.2. The minimum atomic E-state index is -4.81. The smallest absolute Gasteiger partial charge is 0.507 e. The first-order valence-corrected chi connectivity index (χ1v) is 11.6. The van der Waals surface area contributed by atoms with Crippen LogP contribution >= 0.6 is 0 Å². The summed E-state index contributed by atoms with van der Waals surface area (Å²) in [5, 5.41) is 10.9. The minimum absolute atomic E-state index is 0.0716. The Labute approximate surface area is 182 Å². The van der Waals surface area contributed by atoms with Gasteiger partial charge in [0.05, 0.1) is 10.6 Å². The monoisotopic (exact) mass is 458 g/mol. The summed E-state index contributed by atoms with van der Waals surface area (Å²) in [5.41, 5.74) is 0.460. The van der Waals surface area contributed by atoms with Crippen molar-refractivity contribution < 1.29 is 31.4 Å². The fourth-order valence-corrected chi connectivity index (χ4v) is 4.55. The molecule has 2 aromatic rings. The number of phenolic OH excluding ortho intramolecular Hbond substituents is 1. The third kappa shape index (κ3) is 6.15. The Bertz CT molecular complexity index is 1030. The molecule has 0 fully saturated rings. The summed E-state index contributed by atoms with van der Waals surface area (Å²) in [6, 6.07) is 7.75. The van der Waals surface area contributed by atoms with Gasteiger partial charge in [0, 0.05) is 11.1 Å². The molecule has 31 heavy (non-hydrogen) atoms. The molecule has 0 heterocycles. The van der Waals surface area contributed by atoms with Crippen LogP contribution in [0.2, 0.25) is 0 Å². The number of alkyl halides is 3. The van der Waals surface area contributed by atoms with Gasteiger partial charge in [-0.1, -0.05) is 53.7 Å². The van der Waals surface area contributed by atoms with Gasteiger partial charge in [-0.15, -0.1) is 13.2 Å². The van der Waals surface area contributed by atoms with Crippen molar-refractivity contribution in [2.75, 3.05) is 0 Å². The largest absolute Gasteiger partial charge is 0.573 e. The highest BCUT2D eigenvalue weighted by Crippen LogP contribution is 2.42. The minimum Gasteiger partial charge on any atom is -0.507 e. The zero-order chi connectivity index (χ0) is 23.8. The normalized spacial score (nSPS) is 13.3. The van der Waals surface area contributed by atoms with Crippen LogP contribution in [0.3, 0.4) is 0 Å². The lowest BCUT2D eigenvalue weighted by molar-refractivity contribution is -0.274. The molecule has 1 N–H and O–H groups in total. The standard InChI is InChI=1S/C23H29F3O4S/c1-7-22(5,6)19-13-17(12-18(20(19)27)21(2,3)4)31(28,29)14-15-8-10-16(11-9-15)30-23(24,25)26/h8-13,27H,7,14H2,1-6H3. The fraction of sp³-hybridized carbons (Fsp3) is 0.478. The molecule has 0 bridgehead atoms. The Kier molecular flexibility index (Phi) is 6.76. The molecule has 0 aliphatic heterocycles. The van der Waals surface area contributed by atoms with E-state index in [-0.39, 0.29) is 16.4 Å². The van der Waals surface area contributed by atoms with E-state index < -0.39 is 32.8 Å². The summed E-state index contributed by atoms with van der Waals surface area (Å²) >= 11 is 0. The second-order valence-corrected chi connectivity index (χ2v) is 11.3. The van der Waals surface area contributed by atoms with Crippen molar-refractivity contribution in [3.8, 4) is 11.5 Å². The molecule has 172 valence electrons. The van der Waals surface area contributed by atoms with Crippen molar-refractivity contribution >= 4 is 9.84 Å². The van der Waals surface area contributed by atoms with E-state index >= 15 is 0 Å². The molecule has 0 atom stereocenters. The third-order valence-corrected chi connectivity index (χ3v) is 7.04. The third-order valence-electron chi connectivity index (χ3n) is 5.38. The van der Waals surface area contributed by atoms with E-state index in [0.717, 1.165) is 12.1 Å². The molecule has 4 nitrogen and oxygen atoms in total. The summed E-state index contributed by atoms with van der Waals surface area (Å²) in [7, 11) is -3.83. The Morgan fingerprint density at radius 1 is 0.935 bits per heavy atom. The van der Waals surface area contributed by atoms with Gasteiger partial charge in [-0.05, 0) is 47.1 Å². The van der Waals surface area contributed by atoms with Gasteiger partial charge in [0.1, 0.15) is 11.5 Å². The number of sulfone groups is 1. The Balaban J connectivity index is 2.50. The molecule has 0 spiro atoms. The van der Waals surface area contributed by atoms with Gasteiger partial charge in [0.25, 0.3) is 0 Å². The van der Waals surface area contributed by atoms with Crippen LogP contribution in [0.4, 0.5) is 13.2 Å². The maximum Gasteiger partial charge on any atom is 0.573 e. The molecule has 0 aliphatic rings. The first kappa shape index (κ1) is 25.0. The SMILES string of the molecule is CCC(C)(C)c1cc(S(=O)(=O)Cc2ccc(OC(F)(F)F)cc2)cc(C(C)(C)C)c1O. The number of halogens is 3. The van der Waals surface area contributed by atoms with Gasteiger partial charge in [-0.25, -0.2) is 8.42 Å². The first-order valence-electron chi connectivity index (χ1n) is 9.92. The Morgan fingerprint density at radius 2 is 1.45 bits per heavy atom. The molecule has 2 rings (SSSR count). The second-order valence-electron chi connectivity index (χ2n) is 9.31. The molecule has 0 radical (unpaired) electrons. The number of phenols is 1. The number of aromatic hydroxyl groups is 1. The van der Waals surface area contributed by atoms with Gasteiger partial charge >= 0.3 is 6.36 Å². The summed E-state index contributed by atoms with van der Waals surface area (Å²) in [6.07, 6.45) is -4.13. The number of rotatable bonds is 6. The average molecular weight is 459 g/mol. The number of hydrogen-bond donors (Lipinski definition) is 1. The lowest BCUT2D eigenvalue weighted by Crippen LogP contribution is -2.21. The van der Waals surface area contributed by atoms with Crippen molar-refractivity contribution in [2.45, 2.75) is 75.8 Å². The van der Waals surface area contributed by atoms with Crippen LogP contribution < -0.4 is 4.74 Å².